The molecule has 0 amide bonds. The monoisotopic (exact) mass is 286 g/mol. The van der Waals surface area contributed by atoms with Crippen LogP contribution in [0.25, 0.3) is 10.8 Å². The van der Waals surface area contributed by atoms with Crippen molar-refractivity contribution in [3.8, 4) is 5.75 Å². The summed E-state index contributed by atoms with van der Waals surface area (Å²) in [5.74, 6) is 1.72. The number of halogens is 1. The number of benzene rings is 2. The van der Waals surface area contributed by atoms with E-state index in [4.69, 9.17) is 20.8 Å². The van der Waals surface area contributed by atoms with Crippen molar-refractivity contribution in [2.24, 2.45) is 0 Å². The molecule has 0 spiro atoms. The Kier molecular flexibility index (Phi) is 3.41. The molecule has 102 valence electrons. The summed E-state index contributed by atoms with van der Waals surface area (Å²) in [6.45, 7) is 1.92. The second-order valence-electron chi connectivity index (χ2n) is 4.76. The van der Waals surface area contributed by atoms with Gasteiger partial charge in [0.15, 0.2) is 0 Å². The SMILES string of the molecule is COc1ccc(C(Cl)c2coc(C)c2)c2ccccc12. The van der Waals surface area contributed by atoms with Crippen molar-refractivity contribution in [3.63, 3.8) is 0 Å². The molecule has 20 heavy (non-hydrogen) atoms. The molecule has 0 aliphatic carbocycles. The van der Waals surface area contributed by atoms with Crippen molar-refractivity contribution in [2.45, 2.75) is 12.3 Å². The topological polar surface area (TPSA) is 22.4 Å². The lowest BCUT2D eigenvalue weighted by atomic mass is 9.98. The minimum atomic E-state index is -0.233. The van der Waals surface area contributed by atoms with Gasteiger partial charge in [0.1, 0.15) is 11.5 Å². The predicted octanol–water partition coefficient (Wildman–Crippen LogP) is 5.08. The van der Waals surface area contributed by atoms with Crippen molar-refractivity contribution in [3.05, 3.63) is 65.6 Å². The number of furan rings is 1. The highest BCUT2D eigenvalue weighted by molar-refractivity contribution is 6.23. The van der Waals surface area contributed by atoms with Crippen LogP contribution in [0.3, 0.4) is 0 Å². The largest absolute Gasteiger partial charge is 0.496 e. The molecule has 0 radical (unpaired) electrons. The number of hydrogen-bond acceptors (Lipinski definition) is 2. The van der Waals surface area contributed by atoms with Crippen LogP contribution >= 0.6 is 11.6 Å². The Bertz CT molecular complexity index is 746. The average molecular weight is 287 g/mol. The van der Waals surface area contributed by atoms with E-state index in [1.807, 2.05) is 43.3 Å². The molecule has 1 unspecified atom stereocenters. The molecule has 1 heterocycles. The van der Waals surface area contributed by atoms with E-state index < -0.39 is 0 Å². The van der Waals surface area contributed by atoms with Crippen molar-refractivity contribution >= 4 is 22.4 Å². The standard InChI is InChI=1S/C17H15ClO2/c1-11-9-12(10-20-11)17(18)15-7-8-16(19-2)14-6-4-3-5-13(14)15/h3-10,17H,1-2H3. The Morgan fingerprint density at radius 2 is 1.85 bits per heavy atom. The number of hydrogen-bond donors (Lipinski definition) is 0. The van der Waals surface area contributed by atoms with Crippen molar-refractivity contribution in [1.29, 1.82) is 0 Å². The fourth-order valence-electron chi connectivity index (χ4n) is 2.47. The number of methoxy groups -OCH3 is 1. The maximum absolute atomic E-state index is 6.62. The van der Waals surface area contributed by atoms with Gasteiger partial charge in [-0.2, -0.15) is 0 Å². The van der Waals surface area contributed by atoms with Gasteiger partial charge in [-0.15, -0.1) is 11.6 Å². The van der Waals surface area contributed by atoms with Gasteiger partial charge >= 0.3 is 0 Å². The zero-order chi connectivity index (χ0) is 14.1. The number of alkyl halides is 1. The molecule has 3 aromatic rings. The van der Waals surface area contributed by atoms with E-state index in [0.717, 1.165) is 33.4 Å². The fraction of sp³-hybridized carbons (Fsp3) is 0.176. The van der Waals surface area contributed by atoms with Gasteiger partial charge in [-0.3, -0.25) is 0 Å². The Balaban J connectivity index is 2.17. The maximum atomic E-state index is 6.62. The van der Waals surface area contributed by atoms with E-state index in [0.29, 0.717) is 0 Å². The van der Waals surface area contributed by atoms with Gasteiger partial charge in [0.05, 0.1) is 18.8 Å². The normalized spacial score (nSPS) is 12.6. The first-order valence-corrected chi connectivity index (χ1v) is 6.89. The zero-order valence-corrected chi connectivity index (χ0v) is 12.1. The Hall–Kier alpha value is -1.93. The molecule has 1 aromatic heterocycles. The van der Waals surface area contributed by atoms with Crippen LogP contribution in [0.4, 0.5) is 0 Å². The Morgan fingerprint density at radius 1 is 1.10 bits per heavy atom. The third kappa shape index (κ3) is 2.16. The van der Waals surface area contributed by atoms with Gasteiger partial charge in [0.2, 0.25) is 0 Å². The van der Waals surface area contributed by atoms with Crippen LogP contribution in [-0.4, -0.2) is 7.11 Å². The molecular weight excluding hydrogens is 272 g/mol. The summed E-state index contributed by atoms with van der Waals surface area (Å²) in [6, 6.07) is 14.1. The van der Waals surface area contributed by atoms with E-state index in [1.54, 1.807) is 13.4 Å². The average Bonchev–Trinajstić information content (AvgIpc) is 2.92. The maximum Gasteiger partial charge on any atom is 0.126 e. The highest BCUT2D eigenvalue weighted by Gasteiger charge is 2.17. The predicted molar refractivity (Wildman–Crippen MR) is 81.6 cm³/mol. The minimum Gasteiger partial charge on any atom is -0.496 e. The lowest BCUT2D eigenvalue weighted by Gasteiger charge is -2.13. The van der Waals surface area contributed by atoms with Gasteiger partial charge in [0, 0.05) is 10.9 Å². The first-order chi connectivity index (χ1) is 9.70. The highest BCUT2D eigenvalue weighted by atomic mass is 35.5. The molecule has 3 heteroatoms. The molecule has 0 saturated carbocycles. The summed E-state index contributed by atoms with van der Waals surface area (Å²) in [6.07, 6.45) is 1.71. The van der Waals surface area contributed by atoms with Crippen LogP contribution in [0, 0.1) is 6.92 Å². The summed E-state index contributed by atoms with van der Waals surface area (Å²) < 4.78 is 10.8. The molecule has 0 fully saturated rings. The van der Waals surface area contributed by atoms with E-state index >= 15 is 0 Å². The summed E-state index contributed by atoms with van der Waals surface area (Å²) in [5, 5.41) is 1.94. The van der Waals surface area contributed by atoms with Gasteiger partial charge in [-0.05, 0) is 30.0 Å². The minimum absolute atomic E-state index is 0.233. The van der Waals surface area contributed by atoms with Crippen LogP contribution in [0.2, 0.25) is 0 Å². The lowest BCUT2D eigenvalue weighted by Crippen LogP contribution is -1.95. The second-order valence-corrected chi connectivity index (χ2v) is 5.19. The lowest BCUT2D eigenvalue weighted by molar-refractivity contribution is 0.419. The van der Waals surface area contributed by atoms with E-state index in [-0.39, 0.29) is 5.38 Å². The van der Waals surface area contributed by atoms with E-state index in [2.05, 4.69) is 6.07 Å². The second kappa shape index (κ2) is 5.22. The van der Waals surface area contributed by atoms with Crippen LogP contribution in [0.5, 0.6) is 5.75 Å². The van der Waals surface area contributed by atoms with Crippen LogP contribution < -0.4 is 4.74 Å². The first kappa shape index (κ1) is 13.1. The number of aryl methyl sites for hydroxylation is 1. The van der Waals surface area contributed by atoms with E-state index in [1.165, 1.54) is 0 Å². The first-order valence-electron chi connectivity index (χ1n) is 6.45. The molecular formula is C17H15ClO2. The quantitative estimate of drug-likeness (QED) is 0.627. The summed E-state index contributed by atoms with van der Waals surface area (Å²) in [4.78, 5) is 0. The smallest absolute Gasteiger partial charge is 0.126 e. The van der Waals surface area contributed by atoms with Gasteiger partial charge < -0.3 is 9.15 Å². The highest BCUT2D eigenvalue weighted by Crippen LogP contribution is 2.37. The summed E-state index contributed by atoms with van der Waals surface area (Å²) in [7, 11) is 1.68. The molecule has 2 nitrogen and oxygen atoms in total. The van der Waals surface area contributed by atoms with Gasteiger partial charge in [0.25, 0.3) is 0 Å². The fourth-order valence-corrected chi connectivity index (χ4v) is 2.77. The number of rotatable bonds is 3. The van der Waals surface area contributed by atoms with Crippen LogP contribution in [-0.2, 0) is 0 Å². The summed E-state index contributed by atoms with van der Waals surface area (Å²) >= 11 is 6.62. The molecule has 0 aliphatic rings. The zero-order valence-electron chi connectivity index (χ0n) is 11.4. The number of ether oxygens (including phenoxy) is 1. The van der Waals surface area contributed by atoms with E-state index in [9.17, 15) is 0 Å². The molecule has 0 saturated heterocycles. The van der Waals surface area contributed by atoms with Crippen LogP contribution in [0.1, 0.15) is 22.3 Å². The van der Waals surface area contributed by atoms with Gasteiger partial charge in [-0.25, -0.2) is 0 Å². The summed E-state index contributed by atoms with van der Waals surface area (Å²) in [5.41, 5.74) is 2.03. The Labute approximate surface area is 122 Å². The molecule has 2 aromatic carbocycles. The molecule has 0 N–H and O–H groups in total. The van der Waals surface area contributed by atoms with Crippen molar-refractivity contribution in [1.82, 2.24) is 0 Å². The molecule has 0 aliphatic heterocycles. The van der Waals surface area contributed by atoms with Gasteiger partial charge in [-0.1, -0.05) is 30.3 Å². The molecule has 0 bridgehead atoms. The third-order valence-electron chi connectivity index (χ3n) is 3.45. The molecule has 1 atom stereocenters. The third-order valence-corrected chi connectivity index (χ3v) is 3.94. The van der Waals surface area contributed by atoms with Crippen molar-refractivity contribution < 1.29 is 9.15 Å². The Morgan fingerprint density at radius 3 is 2.50 bits per heavy atom. The number of fused-ring (bicyclic) bond motifs is 1. The van der Waals surface area contributed by atoms with Crippen LogP contribution in [0.15, 0.2) is 53.1 Å². The van der Waals surface area contributed by atoms with Crippen molar-refractivity contribution in [2.75, 3.05) is 7.11 Å². The molecule has 3 rings (SSSR count).